The summed E-state index contributed by atoms with van der Waals surface area (Å²) in [5.74, 6) is 0.762. The molecule has 0 aromatic carbocycles. The molecule has 6 nitrogen and oxygen atoms in total. The van der Waals surface area contributed by atoms with Crippen LogP contribution in [0, 0.1) is 5.92 Å². The molecule has 1 aromatic heterocycles. The Balaban J connectivity index is 1.42. The van der Waals surface area contributed by atoms with E-state index < -0.39 is 10.0 Å². The molecule has 1 aromatic rings. The van der Waals surface area contributed by atoms with Crippen LogP contribution in [-0.2, 0) is 21.2 Å². The molecule has 2 heterocycles. The summed E-state index contributed by atoms with van der Waals surface area (Å²) < 4.78 is 27.3. The van der Waals surface area contributed by atoms with Crippen LogP contribution in [0.3, 0.4) is 0 Å². The van der Waals surface area contributed by atoms with Gasteiger partial charge in [-0.1, -0.05) is 6.42 Å². The summed E-state index contributed by atoms with van der Waals surface area (Å²) >= 11 is 1.32. The van der Waals surface area contributed by atoms with Crippen LogP contribution in [0.2, 0.25) is 0 Å². The van der Waals surface area contributed by atoms with Gasteiger partial charge in [0.2, 0.25) is 5.91 Å². The fourth-order valence-corrected chi connectivity index (χ4v) is 5.99. The van der Waals surface area contributed by atoms with Gasteiger partial charge < -0.3 is 10.6 Å². The van der Waals surface area contributed by atoms with Crippen molar-refractivity contribution in [1.82, 2.24) is 14.9 Å². The lowest BCUT2D eigenvalue weighted by Crippen LogP contribution is -2.35. The molecule has 0 bridgehead atoms. The van der Waals surface area contributed by atoms with Crippen molar-refractivity contribution in [3.05, 3.63) is 17.0 Å². The Hall–Kier alpha value is -0.960. The molecule has 0 atom stereocenters. The van der Waals surface area contributed by atoms with E-state index in [1.807, 2.05) is 6.07 Å². The predicted molar refractivity (Wildman–Crippen MR) is 99.2 cm³/mol. The average Bonchev–Trinajstić information content (AvgIpc) is 3.30. The number of thiophene rings is 1. The minimum absolute atomic E-state index is 0.00151. The van der Waals surface area contributed by atoms with E-state index >= 15 is 0 Å². The monoisotopic (exact) mass is 385 g/mol. The number of hydrogen-bond acceptors (Lipinski definition) is 5. The maximum atomic E-state index is 12.6. The van der Waals surface area contributed by atoms with Crippen molar-refractivity contribution in [1.29, 1.82) is 0 Å². The van der Waals surface area contributed by atoms with Gasteiger partial charge in [0.1, 0.15) is 4.21 Å². The number of carbonyl (C=O) groups is 1. The summed E-state index contributed by atoms with van der Waals surface area (Å²) in [7, 11) is -3.34. The first-order valence-corrected chi connectivity index (χ1v) is 11.4. The smallest absolute Gasteiger partial charge is 0.252 e. The standard InChI is InChI=1S/C17H27N3O3S2/c21-16(13-18-12-14-4-5-14)19-9-8-15-6-7-17(24-15)25(22,23)20-10-2-1-3-11-20/h6-7,14,18H,1-5,8-13H2,(H,19,21). The highest BCUT2D eigenvalue weighted by Crippen LogP contribution is 2.28. The quantitative estimate of drug-likeness (QED) is 0.677. The number of nitrogens with zero attached hydrogens (tertiary/aromatic N) is 1. The minimum atomic E-state index is -3.34. The molecule has 3 rings (SSSR count). The number of nitrogens with one attached hydrogen (secondary N) is 2. The number of sulfonamides is 1. The molecule has 2 N–H and O–H groups in total. The van der Waals surface area contributed by atoms with Gasteiger partial charge in [0.25, 0.3) is 10.0 Å². The number of amides is 1. The third kappa shape index (κ3) is 5.51. The van der Waals surface area contributed by atoms with Gasteiger partial charge >= 0.3 is 0 Å². The fraction of sp³-hybridized carbons (Fsp3) is 0.706. The van der Waals surface area contributed by atoms with Gasteiger partial charge in [-0.05, 0) is 56.7 Å². The first-order valence-electron chi connectivity index (χ1n) is 9.12. The Morgan fingerprint density at radius 3 is 2.68 bits per heavy atom. The molecule has 8 heteroatoms. The Bertz CT molecular complexity index is 677. The number of carbonyl (C=O) groups excluding carboxylic acids is 1. The lowest BCUT2D eigenvalue weighted by Gasteiger charge is -2.25. The van der Waals surface area contributed by atoms with Crippen molar-refractivity contribution < 1.29 is 13.2 Å². The van der Waals surface area contributed by atoms with E-state index in [9.17, 15) is 13.2 Å². The van der Waals surface area contributed by atoms with Crippen LogP contribution in [0.1, 0.15) is 37.0 Å². The third-order valence-electron chi connectivity index (χ3n) is 4.66. The van der Waals surface area contributed by atoms with Crippen LogP contribution < -0.4 is 10.6 Å². The van der Waals surface area contributed by atoms with Gasteiger partial charge in [0.05, 0.1) is 6.54 Å². The minimum Gasteiger partial charge on any atom is -0.355 e. The Kier molecular flexibility index (Phi) is 6.49. The topological polar surface area (TPSA) is 78.5 Å². The number of piperidine rings is 1. The van der Waals surface area contributed by atoms with Crippen LogP contribution >= 0.6 is 11.3 Å². The maximum Gasteiger partial charge on any atom is 0.252 e. The van der Waals surface area contributed by atoms with Crippen molar-refractivity contribution in [2.75, 3.05) is 32.7 Å². The lowest BCUT2D eigenvalue weighted by atomic mass is 10.2. The van der Waals surface area contributed by atoms with Crippen LogP contribution in [0.5, 0.6) is 0 Å². The Labute approximate surface area is 154 Å². The van der Waals surface area contributed by atoms with E-state index in [4.69, 9.17) is 0 Å². The van der Waals surface area contributed by atoms with Crippen LogP contribution in [-0.4, -0.2) is 51.4 Å². The lowest BCUT2D eigenvalue weighted by molar-refractivity contribution is -0.120. The molecular formula is C17H27N3O3S2. The predicted octanol–water partition coefficient (Wildman–Crippen LogP) is 1.58. The summed E-state index contributed by atoms with van der Waals surface area (Å²) in [5.41, 5.74) is 0. The molecule has 1 saturated heterocycles. The summed E-state index contributed by atoms with van der Waals surface area (Å²) in [6.07, 6.45) is 6.20. The van der Waals surface area contributed by atoms with E-state index in [1.54, 1.807) is 10.4 Å². The molecule has 1 aliphatic heterocycles. The van der Waals surface area contributed by atoms with E-state index in [0.717, 1.165) is 36.6 Å². The third-order valence-corrected chi connectivity index (χ3v) is 8.17. The van der Waals surface area contributed by atoms with E-state index in [1.165, 1.54) is 24.2 Å². The molecule has 1 saturated carbocycles. The normalized spacial score (nSPS) is 19.0. The largest absolute Gasteiger partial charge is 0.355 e. The highest BCUT2D eigenvalue weighted by Gasteiger charge is 2.27. The van der Waals surface area contributed by atoms with E-state index in [2.05, 4.69) is 10.6 Å². The zero-order valence-corrected chi connectivity index (χ0v) is 16.1. The summed E-state index contributed by atoms with van der Waals surface area (Å²) in [5, 5.41) is 6.04. The van der Waals surface area contributed by atoms with Gasteiger partial charge in [-0.25, -0.2) is 8.42 Å². The van der Waals surface area contributed by atoms with Gasteiger partial charge in [0.15, 0.2) is 0 Å². The van der Waals surface area contributed by atoms with Gasteiger partial charge in [-0.3, -0.25) is 4.79 Å². The Morgan fingerprint density at radius 2 is 1.96 bits per heavy atom. The molecule has 1 aliphatic carbocycles. The van der Waals surface area contributed by atoms with E-state index in [0.29, 0.717) is 36.8 Å². The first kappa shape index (κ1) is 18.8. The van der Waals surface area contributed by atoms with Crippen molar-refractivity contribution in [3.63, 3.8) is 0 Å². The molecule has 140 valence electrons. The molecular weight excluding hydrogens is 358 g/mol. The Morgan fingerprint density at radius 1 is 1.20 bits per heavy atom. The second-order valence-corrected chi connectivity index (χ2v) is 10.2. The molecule has 2 aliphatic rings. The summed E-state index contributed by atoms with van der Waals surface area (Å²) in [4.78, 5) is 12.7. The van der Waals surface area contributed by atoms with Crippen LogP contribution in [0.25, 0.3) is 0 Å². The van der Waals surface area contributed by atoms with Crippen molar-refractivity contribution in [2.24, 2.45) is 5.92 Å². The maximum absolute atomic E-state index is 12.6. The zero-order chi connectivity index (χ0) is 17.7. The SMILES string of the molecule is O=C(CNCC1CC1)NCCc1ccc(S(=O)(=O)N2CCCCC2)s1. The van der Waals surface area contributed by atoms with Gasteiger partial charge in [-0.2, -0.15) is 4.31 Å². The molecule has 2 fully saturated rings. The molecule has 0 spiro atoms. The summed E-state index contributed by atoms with van der Waals surface area (Å²) in [6.45, 7) is 3.07. The molecule has 0 unspecified atom stereocenters. The summed E-state index contributed by atoms with van der Waals surface area (Å²) in [6, 6.07) is 3.56. The van der Waals surface area contributed by atoms with Crippen LogP contribution in [0.4, 0.5) is 0 Å². The van der Waals surface area contributed by atoms with Crippen molar-refractivity contribution >= 4 is 27.3 Å². The fourth-order valence-electron chi connectivity index (χ4n) is 2.96. The van der Waals surface area contributed by atoms with Crippen molar-refractivity contribution in [2.45, 2.75) is 42.7 Å². The number of hydrogen-bond donors (Lipinski definition) is 2. The molecule has 0 radical (unpaired) electrons. The average molecular weight is 386 g/mol. The van der Waals surface area contributed by atoms with Gasteiger partial charge in [-0.15, -0.1) is 11.3 Å². The second-order valence-electron chi connectivity index (χ2n) is 6.86. The zero-order valence-electron chi connectivity index (χ0n) is 14.5. The van der Waals surface area contributed by atoms with E-state index in [-0.39, 0.29) is 5.91 Å². The van der Waals surface area contributed by atoms with Gasteiger partial charge in [0, 0.05) is 24.5 Å². The van der Waals surface area contributed by atoms with Crippen molar-refractivity contribution in [3.8, 4) is 0 Å². The highest BCUT2D eigenvalue weighted by atomic mass is 32.2. The first-order chi connectivity index (χ1) is 12.1. The second kappa shape index (κ2) is 8.62. The molecule has 1 amide bonds. The highest BCUT2D eigenvalue weighted by molar-refractivity contribution is 7.91. The van der Waals surface area contributed by atoms with Crippen LogP contribution in [0.15, 0.2) is 16.3 Å². The molecule has 25 heavy (non-hydrogen) atoms. The number of rotatable bonds is 9.